The summed E-state index contributed by atoms with van der Waals surface area (Å²) in [5.41, 5.74) is 17.5. The van der Waals surface area contributed by atoms with Crippen LogP contribution in [0.25, 0.3) is 22.3 Å². The Morgan fingerprint density at radius 1 is 0.870 bits per heavy atom. The number of aromatic hydroxyl groups is 1. The molecular formula is C19H19N3O. The van der Waals surface area contributed by atoms with E-state index < -0.39 is 0 Å². The van der Waals surface area contributed by atoms with Gasteiger partial charge in [-0.3, -0.25) is 0 Å². The van der Waals surface area contributed by atoms with Crippen LogP contribution in [0.5, 0.6) is 5.75 Å². The number of benzene rings is 2. The van der Waals surface area contributed by atoms with Crippen LogP contribution in [0.15, 0.2) is 48.5 Å². The fourth-order valence-electron chi connectivity index (χ4n) is 2.70. The minimum absolute atomic E-state index is 0.224. The van der Waals surface area contributed by atoms with E-state index >= 15 is 0 Å². The average molecular weight is 305 g/mol. The van der Waals surface area contributed by atoms with Gasteiger partial charge in [-0.1, -0.05) is 24.3 Å². The predicted molar refractivity (Wildman–Crippen MR) is 95.1 cm³/mol. The van der Waals surface area contributed by atoms with E-state index in [-0.39, 0.29) is 5.75 Å². The van der Waals surface area contributed by atoms with E-state index in [1.165, 1.54) is 0 Å². The summed E-state index contributed by atoms with van der Waals surface area (Å²) in [7, 11) is 0. The van der Waals surface area contributed by atoms with Crippen molar-refractivity contribution in [2.75, 3.05) is 11.5 Å². The van der Waals surface area contributed by atoms with Gasteiger partial charge >= 0.3 is 0 Å². The molecule has 3 aromatic rings. The molecule has 3 rings (SSSR count). The number of nitrogen functional groups attached to an aromatic ring is 2. The average Bonchev–Trinajstić information content (AvgIpc) is 2.49. The molecule has 1 aromatic heterocycles. The molecule has 0 saturated heterocycles. The number of anilines is 2. The number of nitrogens with zero attached hydrogens (tertiary/aromatic N) is 1. The van der Waals surface area contributed by atoms with Gasteiger partial charge in [0, 0.05) is 22.5 Å². The number of para-hydroxylation sites is 1. The second kappa shape index (κ2) is 5.65. The van der Waals surface area contributed by atoms with Crippen LogP contribution in [-0.4, -0.2) is 10.1 Å². The maximum absolute atomic E-state index is 10.7. The standard InChI is InChI=1S/C19H19N3O/c1-11-8-13(6-7-17(11)20)15-4-3-5-16(19(15)23)14-9-12(2)22-18(21)10-14/h3-10,23H,20H2,1-2H3,(H2,21,22). The Bertz CT molecular complexity index is 868. The lowest BCUT2D eigenvalue weighted by molar-refractivity contribution is 0.479. The molecule has 2 aromatic carbocycles. The summed E-state index contributed by atoms with van der Waals surface area (Å²) in [4.78, 5) is 4.17. The summed E-state index contributed by atoms with van der Waals surface area (Å²) in [6, 6.07) is 15.1. The number of phenols is 1. The maximum Gasteiger partial charge on any atom is 0.131 e. The lowest BCUT2D eigenvalue weighted by atomic mass is 9.96. The van der Waals surface area contributed by atoms with Crippen LogP contribution in [0.3, 0.4) is 0 Å². The van der Waals surface area contributed by atoms with Gasteiger partial charge in [0.25, 0.3) is 0 Å². The summed E-state index contributed by atoms with van der Waals surface area (Å²) in [5.74, 6) is 0.662. The fraction of sp³-hybridized carbons (Fsp3) is 0.105. The molecule has 0 aliphatic heterocycles. The zero-order valence-corrected chi connectivity index (χ0v) is 13.2. The van der Waals surface area contributed by atoms with Gasteiger partial charge in [-0.05, 0) is 54.8 Å². The fourth-order valence-corrected chi connectivity index (χ4v) is 2.70. The summed E-state index contributed by atoms with van der Waals surface area (Å²) in [5, 5.41) is 10.7. The van der Waals surface area contributed by atoms with Gasteiger partial charge in [-0.25, -0.2) is 4.98 Å². The molecule has 0 bridgehead atoms. The molecule has 0 unspecified atom stereocenters. The number of aryl methyl sites for hydroxylation is 2. The van der Waals surface area contributed by atoms with Gasteiger partial charge in [-0.15, -0.1) is 0 Å². The van der Waals surface area contributed by atoms with E-state index in [0.717, 1.165) is 39.2 Å². The van der Waals surface area contributed by atoms with Crippen molar-refractivity contribution in [3.8, 4) is 28.0 Å². The highest BCUT2D eigenvalue weighted by Crippen LogP contribution is 2.39. The third kappa shape index (κ3) is 2.83. The van der Waals surface area contributed by atoms with Crippen LogP contribution in [0.2, 0.25) is 0 Å². The molecule has 0 amide bonds. The van der Waals surface area contributed by atoms with Crippen LogP contribution in [0, 0.1) is 13.8 Å². The first kappa shape index (κ1) is 14.9. The summed E-state index contributed by atoms with van der Waals surface area (Å²) in [6.07, 6.45) is 0. The molecule has 4 heteroatoms. The Morgan fingerprint density at radius 2 is 1.57 bits per heavy atom. The topological polar surface area (TPSA) is 85.2 Å². The summed E-state index contributed by atoms with van der Waals surface area (Å²) >= 11 is 0. The highest BCUT2D eigenvalue weighted by molar-refractivity contribution is 5.83. The van der Waals surface area contributed by atoms with E-state index in [9.17, 15) is 5.11 Å². The van der Waals surface area contributed by atoms with Crippen LogP contribution in [0.1, 0.15) is 11.3 Å². The molecule has 0 atom stereocenters. The van der Waals surface area contributed by atoms with Crippen molar-refractivity contribution in [2.24, 2.45) is 0 Å². The van der Waals surface area contributed by atoms with Crippen molar-refractivity contribution in [1.29, 1.82) is 0 Å². The third-order valence-corrected chi connectivity index (χ3v) is 3.90. The van der Waals surface area contributed by atoms with Crippen LogP contribution in [-0.2, 0) is 0 Å². The Kier molecular flexibility index (Phi) is 3.66. The Balaban J connectivity index is 2.16. The van der Waals surface area contributed by atoms with Crippen molar-refractivity contribution >= 4 is 11.5 Å². The first-order valence-corrected chi connectivity index (χ1v) is 7.38. The number of hydrogen-bond acceptors (Lipinski definition) is 4. The van der Waals surface area contributed by atoms with Crippen molar-refractivity contribution in [2.45, 2.75) is 13.8 Å². The molecule has 0 spiro atoms. The predicted octanol–water partition coefficient (Wildman–Crippen LogP) is 3.90. The lowest BCUT2D eigenvalue weighted by Crippen LogP contribution is -1.94. The van der Waals surface area contributed by atoms with Gasteiger partial charge < -0.3 is 16.6 Å². The molecule has 0 radical (unpaired) electrons. The quantitative estimate of drug-likeness (QED) is 0.627. The Hall–Kier alpha value is -3.01. The lowest BCUT2D eigenvalue weighted by Gasteiger charge is -2.12. The van der Waals surface area contributed by atoms with Crippen LogP contribution < -0.4 is 11.5 Å². The first-order chi connectivity index (χ1) is 11.0. The minimum atomic E-state index is 0.224. The van der Waals surface area contributed by atoms with Crippen molar-refractivity contribution in [3.05, 3.63) is 59.8 Å². The SMILES string of the molecule is Cc1cc(-c2cccc(-c3ccc(N)c(C)c3)c2O)cc(N)n1. The molecule has 1 heterocycles. The van der Waals surface area contributed by atoms with Crippen molar-refractivity contribution < 1.29 is 5.11 Å². The second-order valence-electron chi connectivity index (χ2n) is 5.70. The number of hydrogen-bond donors (Lipinski definition) is 3. The largest absolute Gasteiger partial charge is 0.507 e. The number of nitrogens with two attached hydrogens (primary N) is 2. The molecule has 0 fully saturated rings. The van der Waals surface area contributed by atoms with E-state index in [1.807, 2.05) is 56.3 Å². The normalized spacial score (nSPS) is 10.7. The zero-order valence-electron chi connectivity index (χ0n) is 13.2. The van der Waals surface area contributed by atoms with Crippen molar-refractivity contribution in [3.63, 3.8) is 0 Å². The molecule has 0 saturated carbocycles. The molecule has 116 valence electrons. The second-order valence-corrected chi connectivity index (χ2v) is 5.70. The molecule has 4 nitrogen and oxygen atoms in total. The van der Waals surface area contributed by atoms with Gasteiger partial charge in [0.1, 0.15) is 11.6 Å². The Labute approximate surface area is 135 Å². The van der Waals surface area contributed by atoms with E-state index in [2.05, 4.69) is 4.98 Å². The minimum Gasteiger partial charge on any atom is -0.507 e. The first-order valence-electron chi connectivity index (χ1n) is 7.38. The number of phenolic OH excluding ortho intramolecular Hbond substituents is 1. The summed E-state index contributed by atoms with van der Waals surface area (Å²) in [6.45, 7) is 3.83. The van der Waals surface area contributed by atoms with E-state index in [1.54, 1.807) is 6.07 Å². The van der Waals surface area contributed by atoms with Crippen LogP contribution in [0.4, 0.5) is 11.5 Å². The number of pyridine rings is 1. The number of aromatic nitrogens is 1. The van der Waals surface area contributed by atoms with E-state index in [0.29, 0.717) is 5.82 Å². The monoisotopic (exact) mass is 305 g/mol. The van der Waals surface area contributed by atoms with Gasteiger partial charge in [0.15, 0.2) is 0 Å². The number of rotatable bonds is 2. The highest BCUT2D eigenvalue weighted by Gasteiger charge is 2.12. The maximum atomic E-state index is 10.7. The molecule has 0 aliphatic carbocycles. The van der Waals surface area contributed by atoms with Gasteiger partial charge in [0.2, 0.25) is 0 Å². The smallest absolute Gasteiger partial charge is 0.131 e. The highest BCUT2D eigenvalue weighted by atomic mass is 16.3. The Morgan fingerprint density at radius 3 is 2.22 bits per heavy atom. The third-order valence-electron chi connectivity index (χ3n) is 3.90. The zero-order chi connectivity index (χ0) is 16.6. The molecular weight excluding hydrogens is 286 g/mol. The van der Waals surface area contributed by atoms with Gasteiger partial charge in [0.05, 0.1) is 0 Å². The van der Waals surface area contributed by atoms with E-state index in [4.69, 9.17) is 11.5 Å². The van der Waals surface area contributed by atoms with Gasteiger partial charge in [-0.2, -0.15) is 0 Å². The molecule has 23 heavy (non-hydrogen) atoms. The van der Waals surface area contributed by atoms with Crippen molar-refractivity contribution in [1.82, 2.24) is 4.98 Å². The summed E-state index contributed by atoms with van der Waals surface area (Å²) < 4.78 is 0. The van der Waals surface area contributed by atoms with Crippen LogP contribution >= 0.6 is 0 Å². The molecule has 5 N–H and O–H groups in total. The molecule has 0 aliphatic rings.